The molecule has 0 bridgehead atoms. The fraction of sp³-hybridized carbons (Fsp3) is 0.0833. The van der Waals surface area contributed by atoms with Crippen molar-refractivity contribution < 1.29 is 14.1 Å². The van der Waals surface area contributed by atoms with Crippen LogP contribution in [0.4, 0.5) is 0 Å². The second-order valence-corrected chi connectivity index (χ2v) is 6.43. The molecule has 3 aromatic carbocycles. The van der Waals surface area contributed by atoms with Crippen molar-refractivity contribution in [3.8, 4) is 16.9 Å². The van der Waals surface area contributed by atoms with Gasteiger partial charge in [-0.1, -0.05) is 54.6 Å². The van der Waals surface area contributed by atoms with Crippen LogP contribution in [0.5, 0.6) is 5.75 Å². The molecule has 1 heterocycles. The Morgan fingerprint density at radius 1 is 0.852 bits per heavy atom. The average Bonchev–Trinajstić information content (AvgIpc) is 2.74. The van der Waals surface area contributed by atoms with E-state index in [0.29, 0.717) is 12.1 Å². The molecular formula is C24H20NO2+. The number of ketones is 1. The zero-order valence-corrected chi connectivity index (χ0v) is 15.1. The summed E-state index contributed by atoms with van der Waals surface area (Å²) in [6, 6.07) is 27.8. The Morgan fingerprint density at radius 3 is 2.33 bits per heavy atom. The van der Waals surface area contributed by atoms with E-state index in [4.69, 9.17) is 4.74 Å². The van der Waals surface area contributed by atoms with E-state index in [9.17, 15) is 4.79 Å². The molecule has 3 nitrogen and oxygen atoms in total. The van der Waals surface area contributed by atoms with Gasteiger partial charge in [0.1, 0.15) is 5.75 Å². The number of fused-ring (bicyclic) bond motifs is 1. The van der Waals surface area contributed by atoms with E-state index >= 15 is 0 Å². The number of rotatable bonds is 5. The third kappa shape index (κ3) is 3.58. The van der Waals surface area contributed by atoms with Gasteiger partial charge in [0.05, 0.1) is 12.5 Å². The maximum absolute atomic E-state index is 12.8. The lowest BCUT2D eigenvalue weighted by atomic mass is 10.0. The minimum absolute atomic E-state index is 0.0860. The number of carbonyl (C=O) groups is 1. The number of pyridine rings is 1. The molecule has 27 heavy (non-hydrogen) atoms. The summed E-state index contributed by atoms with van der Waals surface area (Å²) in [5.74, 6) is 0.894. The number of aromatic nitrogens is 1. The van der Waals surface area contributed by atoms with Gasteiger partial charge >= 0.3 is 0 Å². The average molecular weight is 354 g/mol. The molecule has 0 unspecified atom stereocenters. The van der Waals surface area contributed by atoms with E-state index in [1.165, 1.54) is 0 Å². The van der Waals surface area contributed by atoms with Gasteiger partial charge in [-0.15, -0.1) is 0 Å². The zero-order chi connectivity index (χ0) is 18.6. The van der Waals surface area contributed by atoms with E-state index in [1.54, 1.807) is 7.11 Å². The van der Waals surface area contributed by atoms with Crippen molar-refractivity contribution in [2.24, 2.45) is 0 Å². The van der Waals surface area contributed by atoms with Crippen LogP contribution in [0.2, 0.25) is 0 Å². The van der Waals surface area contributed by atoms with E-state index in [0.717, 1.165) is 27.8 Å². The van der Waals surface area contributed by atoms with Crippen LogP contribution in [0.3, 0.4) is 0 Å². The van der Waals surface area contributed by atoms with E-state index in [-0.39, 0.29) is 5.78 Å². The van der Waals surface area contributed by atoms with Gasteiger partial charge in [-0.05, 0) is 29.3 Å². The Balaban J connectivity index is 1.58. The molecule has 1 aromatic heterocycles. The van der Waals surface area contributed by atoms with E-state index in [1.807, 2.05) is 83.6 Å². The number of benzene rings is 3. The van der Waals surface area contributed by atoms with E-state index in [2.05, 4.69) is 12.1 Å². The molecule has 0 saturated heterocycles. The van der Waals surface area contributed by atoms with Gasteiger partial charge < -0.3 is 4.74 Å². The smallest absolute Gasteiger partial charge is 0.227 e. The predicted molar refractivity (Wildman–Crippen MR) is 107 cm³/mol. The second-order valence-electron chi connectivity index (χ2n) is 6.43. The molecule has 0 aliphatic heterocycles. The van der Waals surface area contributed by atoms with Crippen LogP contribution in [0, 0.1) is 0 Å². The number of hydrogen-bond donors (Lipinski definition) is 0. The van der Waals surface area contributed by atoms with Gasteiger partial charge in [0.15, 0.2) is 6.20 Å². The molecular weight excluding hydrogens is 334 g/mol. The summed E-state index contributed by atoms with van der Waals surface area (Å²) in [7, 11) is 1.65. The number of methoxy groups -OCH3 is 1. The topological polar surface area (TPSA) is 30.2 Å². The highest BCUT2D eigenvalue weighted by molar-refractivity contribution is 5.95. The van der Waals surface area contributed by atoms with Crippen LogP contribution in [0.25, 0.3) is 22.0 Å². The van der Waals surface area contributed by atoms with Gasteiger partial charge in [0.25, 0.3) is 0 Å². The Bertz CT molecular complexity index is 1090. The molecule has 0 fully saturated rings. The zero-order valence-electron chi connectivity index (χ0n) is 15.1. The van der Waals surface area contributed by atoms with Crippen molar-refractivity contribution in [1.29, 1.82) is 0 Å². The molecule has 3 heteroatoms. The summed E-state index contributed by atoms with van der Waals surface area (Å²) in [6.07, 6.45) is 1.94. The monoisotopic (exact) mass is 354 g/mol. The largest absolute Gasteiger partial charge is 0.497 e. The van der Waals surface area contributed by atoms with Crippen LogP contribution >= 0.6 is 0 Å². The normalized spacial score (nSPS) is 10.7. The second kappa shape index (κ2) is 7.42. The molecule has 4 aromatic rings. The first-order valence-corrected chi connectivity index (χ1v) is 8.89. The standard InChI is InChI=1S/C24H20NO2/c1-27-22-13-14-23-21(16-22)8-5-15-25(23)17-24(26)20-11-9-19(10-12-20)18-6-3-2-4-7-18/h2-16H,17H2,1H3/q+1. The molecule has 0 aliphatic rings. The van der Waals surface area contributed by atoms with E-state index < -0.39 is 0 Å². The lowest BCUT2D eigenvalue weighted by Gasteiger charge is -2.05. The molecule has 0 spiro atoms. The Morgan fingerprint density at radius 2 is 1.59 bits per heavy atom. The highest BCUT2D eigenvalue weighted by Crippen LogP contribution is 2.20. The number of hydrogen-bond acceptors (Lipinski definition) is 2. The summed E-state index contributed by atoms with van der Waals surface area (Å²) in [6.45, 7) is 0.300. The van der Waals surface area contributed by atoms with Crippen molar-refractivity contribution >= 4 is 16.7 Å². The van der Waals surface area contributed by atoms with Gasteiger partial charge in [0.2, 0.25) is 17.8 Å². The molecule has 0 aliphatic carbocycles. The third-order valence-corrected chi connectivity index (χ3v) is 4.71. The molecule has 0 radical (unpaired) electrons. The summed E-state index contributed by atoms with van der Waals surface area (Å²) < 4.78 is 7.26. The maximum Gasteiger partial charge on any atom is 0.227 e. The molecule has 132 valence electrons. The Kier molecular flexibility index (Phi) is 4.67. The van der Waals surface area contributed by atoms with Gasteiger partial charge in [-0.25, -0.2) is 0 Å². The van der Waals surface area contributed by atoms with Crippen LogP contribution in [-0.2, 0) is 6.54 Å². The molecule has 0 N–H and O–H groups in total. The third-order valence-electron chi connectivity index (χ3n) is 4.71. The quantitative estimate of drug-likeness (QED) is 0.385. The highest BCUT2D eigenvalue weighted by Gasteiger charge is 2.15. The SMILES string of the molecule is COc1ccc2c(ccc[n+]2CC(=O)c2ccc(-c3ccccc3)cc2)c1. The number of ether oxygens (including phenoxy) is 1. The van der Waals surface area contributed by atoms with Crippen molar-refractivity contribution in [3.63, 3.8) is 0 Å². The van der Waals surface area contributed by atoms with Gasteiger partial charge in [0, 0.05) is 17.7 Å². The Labute approximate surface area is 158 Å². The fourth-order valence-electron chi connectivity index (χ4n) is 3.25. The van der Waals surface area contributed by atoms with Crippen LogP contribution < -0.4 is 9.30 Å². The summed E-state index contributed by atoms with van der Waals surface area (Å²) in [5.41, 5.74) is 3.98. The minimum atomic E-state index is 0.0860. The minimum Gasteiger partial charge on any atom is -0.497 e. The van der Waals surface area contributed by atoms with Crippen molar-refractivity contribution in [1.82, 2.24) is 0 Å². The maximum atomic E-state index is 12.8. The fourth-order valence-corrected chi connectivity index (χ4v) is 3.25. The predicted octanol–water partition coefficient (Wildman–Crippen LogP) is 4.69. The Hall–Kier alpha value is -3.46. The molecule has 0 amide bonds. The van der Waals surface area contributed by atoms with Crippen molar-refractivity contribution in [3.05, 3.63) is 96.7 Å². The van der Waals surface area contributed by atoms with Crippen LogP contribution in [-0.4, -0.2) is 12.9 Å². The van der Waals surface area contributed by atoms with Crippen molar-refractivity contribution in [2.75, 3.05) is 7.11 Å². The van der Waals surface area contributed by atoms with Gasteiger partial charge in [-0.3, -0.25) is 4.79 Å². The van der Waals surface area contributed by atoms with Crippen LogP contribution in [0.15, 0.2) is 91.1 Å². The lowest BCUT2D eigenvalue weighted by molar-refractivity contribution is -0.657. The first kappa shape index (κ1) is 17.0. The molecule has 4 rings (SSSR count). The van der Waals surface area contributed by atoms with Crippen molar-refractivity contribution in [2.45, 2.75) is 6.54 Å². The van der Waals surface area contributed by atoms with Crippen LogP contribution in [0.1, 0.15) is 10.4 Å². The summed E-state index contributed by atoms with van der Waals surface area (Å²) >= 11 is 0. The first-order chi connectivity index (χ1) is 13.2. The highest BCUT2D eigenvalue weighted by atomic mass is 16.5. The summed E-state index contributed by atoms with van der Waals surface area (Å²) in [5, 5.41) is 1.05. The lowest BCUT2D eigenvalue weighted by Crippen LogP contribution is -2.38. The number of nitrogens with zero attached hydrogens (tertiary/aromatic N) is 1. The van der Waals surface area contributed by atoms with Gasteiger partial charge in [-0.2, -0.15) is 4.57 Å². The number of Topliss-reactive ketones (excluding diaryl/α,β-unsaturated/α-hetero) is 1. The molecule has 0 saturated carbocycles. The molecule has 0 atom stereocenters. The number of carbonyl (C=O) groups excluding carboxylic acids is 1. The summed E-state index contributed by atoms with van der Waals surface area (Å²) in [4.78, 5) is 12.8. The first-order valence-electron chi connectivity index (χ1n) is 8.89.